The number of rotatable bonds is 8. The van der Waals surface area contributed by atoms with Gasteiger partial charge in [-0.1, -0.05) is 18.2 Å². The van der Waals surface area contributed by atoms with Crippen molar-refractivity contribution in [2.75, 3.05) is 22.3 Å². The molecule has 1 aliphatic rings. The highest BCUT2D eigenvalue weighted by molar-refractivity contribution is 7.94. The molecule has 0 radical (unpaired) electrons. The number of amides is 2. The highest BCUT2D eigenvalue weighted by Crippen LogP contribution is 2.27. The second kappa shape index (κ2) is 9.72. The molecule has 10 heteroatoms. The molecule has 1 N–H and O–H groups in total. The molecule has 0 unspecified atom stereocenters. The molecule has 7 nitrogen and oxygen atoms in total. The molecule has 2 heterocycles. The Kier molecular flexibility index (Phi) is 6.75. The molecule has 0 bridgehead atoms. The summed E-state index contributed by atoms with van der Waals surface area (Å²) in [6, 6.07) is 15.3. The highest BCUT2D eigenvalue weighted by atomic mass is 32.2. The van der Waals surface area contributed by atoms with Crippen molar-refractivity contribution in [3.8, 4) is 0 Å². The van der Waals surface area contributed by atoms with Crippen LogP contribution in [0.25, 0.3) is 0 Å². The van der Waals surface area contributed by atoms with Crippen LogP contribution in [0.15, 0.2) is 70.3 Å². The predicted molar refractivity (Wildman–Crippen MR) is 125 cm³/mol. The third-order valence-electron chi connectivity index (χ3n) is 5.23. The topological polar surface area (TPSA) is 86.8 Å². The summed E-state index contributed by atoms with van der Waals surface area (Å²) < 4.78 is 40.7. The lowest BCUT2D eigenvalue weighted by atomic mass is 10.2. The molecule has 2 amide bonds. The second-order valence-electron chi connectivity index (χ2n) is 7.52. The van der Waals surface area contributed by atoms with E-state index < -0.39 is 28.3 Å². The van der Waals surface area contributed by atoms with Gasteiger partial charge in [0.1, 0.15) is 16.6 Å². The van der Waals surface area contributed by atoms with E-state index >= 15 is 0 Å². The first-order valence-electron chi connectivity index (χ1n) is 10.3. The van der Waals surface area contributed by atoms with Crippen LogP contribution >= 0.6 is 11.3 Å². The third kappa shape index (κ3) is 5.23. The number of hydrogen-bond donors (Lipinski definition) is 1. The van der Waals surface area contributed by atoms with Crippen LogP contribution in [0.2, 0.25) is 0 Å². The summed E-state index contributed by atoms with van der Waals surface area (Å²) in [5.41, 5.74) is 1.75. The van der Waals surface area contributed by atoms with E-state index in [1.165, 1.54) is 18.2 Å². The summed E-state index contributed by atoms with van der Waals surface area (Å²) in [5.74, 6) is -0.944. The van der Waals surface area contributed by atoms with Gasteiger partial charge >= 0.3 is 0 Å². The van der Waals surface area contributed by atoms with Crippen LogP contribution in [0, 0.1) is 5.82 Å². The van der Waals surface area contributed by atoms with E-state index in [0.717, 1.165) is 45.4 Å². The Hall–Kier alpha value is -3.24. The number of anilines is 2. The van der Waals surface area contributed by atoms with Crippen molar-refractivity contribution in [2.45, 2.75) is 23.6 Å². The molecule has 1 aliphatic heterocycles. The normalized spacial score (nSPS) is 13.8. The van der Waals surface area contributed by atoms with Crippen molar-refractivity contribution < 1.29 is 22.4 Å². The van der Waals surface area contributed by atoms with Crippen molar-refractivity contribution in [1.29, 1.82) is 0 Å². The van der Waals surface area contributed by atoms with Crippen molar-refractivity contribution in [1.82, 2.24) is 5.32 Å². The number of carbonyl (C=O) groups excluding carboxylic acids is 2. The van der Waals surface area contributed by atoms with Gasteiger partial charge in [-0.25, -0.2) is 12.8 Å². The summed E-state index contributed by atoms with van der Waals surface area (Å²) in [7, 11) is -4.00. The number of benzene rings is 2. The lowest BCUT2D eigenvalue weighted by Gasteiger charge is -2.23. The Morgan fingerprint density at radius 1 is 1.12 bits per heavy atom. The monoisotopic (exact) mass is 487 g/mol. The summed E-state index contributed by atoms with van der Waals surface area (Å²) >= 11 is 1.04. The van der Waals surface area contributed by atoms with Gasteiger partial charge in [0, 0.05) is 25.2 Å². The molecule has 3 aromatic rings. The van der Waals surface area contributed by atoms with E-state index in [9.17, 15) is 22.4 Å². The zero-order chi connectivity index (χ0) is 23.4. The fourth-order valence-electron chi connectivity index (χ4n) is 3.58. The second-order valence-corrected chi connectivity index (χ2v) is 10.6. The lowest BCUT2D eigenvalue weighted by Crippen LogP contribution is -2.40. The minimum atomic E-state index is -4.00. The quantitative estimate of drug-likeness (QED) is 0.527. The summed E-state index contributed by atoms with van der Waals surface area (Å²) in [6.45, 7) is 0.378. The average molecular weight is 488 g/mol. The maximum atomic E-state index is 13.4. The highest BCUT2D eigenvalue weighted by Gasteiger charge is 2.28. The molecule has 33 heavy (non-hydrogen) atoms. The van der Waals surface area contributed by atoms with Crippen LogP contribution in [0.5, 0.6) is 0 Å². The van der Waals surface area contributed by atoms with Crippen molar-refractivity contribution in [2.24, 2.45) is 0 Å². The first-order chi connectivity index (χ1) is 15.8. The van der Waals surface area contributed by atoms with Crippen LogP contribution in [0.1, 0.15) is 18.4 Å². The number of nitrogens with one attached hydrogen (secondary N) is 1. The largest absolute Gasteiger partial charge is 0.350 e. The first kappa shape index (κ1) is 22.9. The molecular weight excluding hydrogens is 465 g/mol. The van der Waals surface area contributed by atoms with Crippen LogP contribution in [0.4, 0.5) is 15.8 Å². The molecule has 0 saturated carbocycles. The van der Waals surface area contributed by atoms with E-state index in [1.807, 2.05) is 24.3 Å². The summed E-state index contributed by atoms with van der Waals surface area (Å²) in [4.78, 5) is 26.4. The molecule has 1 aromatic heterocycles. The number of halogens is 1. The van der Waals surface area contributed by atoms with Gasteiger partial charge in [-0.3, -0.25) is 13.9 Å². The molecular formula is C23H22FN3O4S2. The molecule has 0 aliphatic carbocycles. The summed E-state index contributed by atoms with van der Waals surface area (Å²) in [6.07, 6.45) is 1.34. The Morgan fingerprint density at radius 3 is 2.58 bits per heavy atom. The van der Waals surface area contributed by atoms with E-state index in [2.05, 4.69) is 5.32 Å². The molecule has 0 spiro atoms. The van der Waals surface area contributed by atoms with Crippen molar-refractivity contribution in [3.63, 3.8) is 0 Å². The van der Waals surface area contributed by atoms with Crippen LogP contribution in [-0.4, -0.2) is 33.3 Å². The molecule has 1 saturated heterocycles. The smallest absolute Gasteiger partial charge is 0.274 e. The van der Waals surface area contributed by atoms with E-state index in [-0.39, 0.29) is 22.3 Å². The minimum absolute atomic E-state index is 0.0740. The molecule has 0 atom stereocenters. The predicted octanol–water partition coefficient (Wildman–Crippen LogP) is 3.53. The van der Waals surface area contributed by atoms with Gasteiger partial charge in [0.05, 0.1) is 5.69 Å². The van der Waals surface area contributed by atoms with Gasteiger partial charge in [0.2, 0.25) is 11.8 Å². The van der Waals surface area contributed by atoms with Gasteiger partial charge in [0.15, 0.2) is 0 Å². The maximum Gasteiger partial charge on any atom is 0.274 e. The van der Waals surface area contributed by atoms with E-state index in [1.54, 1.807) is 16.3 Å². The van der Waals surface area contributed by atoms with Crippen molar-refractivity contribution in [3.05, 3.63) is 77.4 Å². The number of sulfonamides is 1. The molecule has 172 valence electrons. The standard InChI is InChI=1S/C23H22FN3O4S2/c24-18-8-10-19(11-9-18)27(33(30,31)23-7-3-13-32-23)16-21(28)25-15-17-4-1-5-20(14-17)26-12-2-6-22(26)29/h1,3-5,7-11,13-14H,2,6,12,15-16H2,(H,25,28). The minimum Gasteiger partial charge on any atom is -0.350 e. The lowest BCUT2D eigenvalue weighted by molar-refractivity contribution is -0.120. The Bertz CT molecular complexity index is 1240. The van der Waals surface area contributed by atoms with Gasteiger partial charge in [-0.2, -0.15) is 0 Å². The molecule has 2 aromatic carbocycles. The Morgan fingerprint density at radius 2 is 1.91 bits per heavy atom. The number of thiophene rings is 1. The van der Waals surface area contributed by atoms with Crippen molar-refractivity contribution >= 4 is 44.5 Å². The van der Waals surface area contributed by atoms with E-state index in [0.29, 0.717) is 13.0 Å². The van der Waals surface area contributed by atoms with Gasteiger partial charge in [-0.15, -0.1) is 11.3 Å². The third-order valence-corrected chi connectivity index (χ3v) is 8.37. The van der Waals surface area contributed by atoms with Crippen LogP contribution < -0.4 is 14.5 Å². The number of nitrogens with zero attached hydrogens (tertiary/aromatic N) is 2. The fourth-order valence-corrected chi connectivity index (χ4v) is 6.11. The zero-order valence-electron chi connectivity index (χ0n) is 17.6. The number of hydrogen-bond acceptors (Lipinski definition) is 5. The molecule has 1 fully saturated rings. The van der Waals surface area contributed by atoms with E-state index in [4.69, 9.17) is 0 Å². The summed E-state index contributed by atoms with van der Waals surface area (Å²) in [5, 5.41) is 4.37. The fraction of sp³-hybridized carbons (Fsp3) is 0.217. The Balaban J connectivity index is 1.49. The zero-order valence-corrected chi connectivity index (χ0v) is 19.2. The van der Waals surface area contributed by atoms with Crippen LogP contribution in [-0.2, 0) is 26.2 Å². The first-order valence-corrected chi connectivity index (χ1v) is 12.6. The van der Waals surface area contributed by atoms with Gasteiger partial charge in [-0.05, 0) is 59.8 Å². The maximum absolute atomic E-state index is 13.4. The number of carbonyl (C=O) groups is 2. The average Bonchev–Trinajstić information content (AvgIpc) is 3.49. The van der Waals surface area contributed by atoms with Gasteiger partial charge < -0.3 is 10.2 Å². The molecule has 4 rings (SSSR count). The van der Waals surface area contributed by atoms with Gasteiger partial charge in [0.25, 0.3) is 10.0 Å². The van der Waals surface area contributed by atoms with Crippen LogP contribution in [0.3, 0.4) is 0 Å². The Labute approximate surface area is 195 Å². The SMILES string of the molecule is O=C(CN(c1ccc(F)cc1)S(=O)(=O)c1cccs1)NCc1cccc(N2CCCC2=O)c1.